The van der Waals surface area contributed by atoms with Gasteiger partial charge < -0.3 is 4.74 Å². The molecule has 0 saturated carbocycles. The predicted octanol–water partition coefficient (Wildman–Crippen LogP) is 4.88. The van der Waals surface area contributed by atoms with E-state index in [1.807, 2.05) is 0 Å². The van der Waals surface area contributed by atoms with Crippen molar-refractivity contribution in [2.24, 2.45) is 0 Å². The van der Waals surface area contributed by atoms with E-state index < -0.39 is 4.92 Å². The molecule has 144 valence electrons. The van der Waals surface area contributed by atoms with Crippen LogP contribution in [-0.4, -0.2) is 27.5 Å². The number of hydrogen-bond acceptors (Lipinski definition) is 6. The van der Waals surface area contributed by atoms with E-state index in [9.17, 15) is 19.7 Å². The van der Waals surface area contributed by atoms with Gasteiger partial charge in [0, 0.05) is 18.7 Å². The van der Waals surface area contributed by atoms with E-state index >= 15 is 0 Å². The lowest BCUT2D eigenvalue weighted by molar-refractivity contribution is -0.384. The SMILES string of the molecule is CCN1C(=O)SC(=Cc2ccc(OCc3cccc([N+](=O)[O-])c3)c(Cl)c2)C1=O. The number of amides is 2. The van der Waals surface area contributed by atoms with Crippen LogP contribution in [0.5, 0.6) is 5.75 Å². The Hall–Kier alpha value is -2.84. The van der Waals surface area contributed by atoms with E-state index in [4.69, 9.17) is 16.3 Å². The second-order valence-electron chi connectivity index (χ2n) is 5.83. The van der Waals surface area contributed by atoms with Crippen molar-refractivity contribution in [2.75, 3.05) is 6.54 Å². The summed E-state index contributed by atoms with van der Waals surface area (Å²) in [6.45, 7) is 2.19. The van der Waals surface area contributed by atoms with Crippen molar-refractivity contribution in [2.45, 2.75) is 13.5 Å². The molecule has 2 aromatic carbocycles. The van der Waals surface area contributed by atoms with Crippen molar-refractivity contribution >= 4 is 46.3 Å². The highest BCUT2D eigenvalue weighted by Crippen LogP contribution is 2.33. The van der Waals surface area contributed by atoms with Gasteiger partial charge in [-0.3, -0.25) is 24.6 Å². The Balaban J connectivity index is 1.72. The lowest BCUT2D eigenvalue weighted by Gasteiger charge is -2.09. The van der Waals surface area contributed by atoms with Gasteiger partial charge in [-0.15, -0.1) is 0 Å². The molecular formula is C19H15ClN2O5S. The van der Waals surface area contributed by atoms with Crippen molar-refractivity contribution in [3.63, 3.8) is 0 Å². The van der Waals surface area contributed by atoms with Crippen molar-refractivity contribution in [1.82, 2.24) is 4.90 Å². The first-order valence-electron chi connectivity index (χ1n) is 8.30. The molecule has 0 bridgehead atoms. The summed E-state index contributed by atoms with van der Waals surface area (Å²) in [6.07, 6.45) is 1.61. The van der Waals surface area contributed by atoms with Gasteiger partial charge in [0.25, 0.3) is 16.8 Å². The number of ether oxygens (including phenoxy) is 1. The van der Waals surface area contributed by atoms with Crippen LogP contribution in [0.4, 0.5) is 10.5 Å². The molecule has 0 unspecified atom stereocenters. The van der Waals surface area contributed by atoms with Crippen LogP contribution >= 0.6 is 23.4 Å². The molecule has 0 aliphatic carbocycles. The maximum atomic E-state index is 12.1. The van der Waals surface area contributed by atoms with Gasteiger partial charge in [-0.1, -0.05) is 29.8 Å². The summed E-state index contributed by atoms with van der Waals surface area (Å²) in [6, 6.07) is 11.1. The highest BCUT2D eigenvalue weighted by molar-refractivity contribution is 8.18. The Bertz CT molecular complexity index is 992. The van der Waals surface area contributed by atoms with Gasteiger partial charge in [0.15, 0.2) is 0 Å². The first kappa shape index (κ1) is 19.9. The van der Waals surface area contributed by atoms with E-state index in [0.29, 0.717) is 33.3 Å². The quantitative estimate of drug-likeness (QED) is 0.377. The van der Waals surface area contributed by atoms with E-state index in [-0.39, 0.29) is 23.4 Å². The monoisotopic (exact) mass is 418 g/mol. The number of halogens is 1. The second kappa shape index (κ2) is 8.45. The van der Waals surface area contributed by atoms with Gasteiger partial charge in [0.05, 0.1) is 14.9 Å². The van der Waals surface area contributed by atoms with Crippen molar-refractivity contribution in [3.8, 4) is 5.75 Å². The second-order valence-corrected chi connectivity index (χ2v) is 7.23. The number of carbonyl (C=O) groups is 2. The Labute approximate surface area is 170 Å². The number of benzene rings is 2. The van der Waals surface area contributed by atoms with Gasteiger partial charge in [0.2, 0.25) is 0 Å². The number of hydrogen-bond donors (Lipinski definition) is 0. The molecule has 7 nitrogen and oxygen atoms in total. The first-order chi connectivity index (χ1) is 13.4. The Morgan fingerprint density at radius 3 is 2.68 bits per heavy atom. The number of non-ortho nitro benzene ring substituents is 1. The minimum atomic E-state index is -0.467. The van der Waals surface area contributed by atoms with Crippen molar-refractivity contribution in [1.29, 1.82) is 0 Å². The van der Waals surface area contributed by atoms with Crippen molar-refractivity contribution < 1.29 is 19.2 Å². The number of imide groups is 1. The third-order valence-electron chi connectivity index (χ3n) is 3.96. The zero-order valence-electron chi connectivity index (χ0n) is 14.8. The summed E-state index contributed by atoms with van der Waals surface area (Å²) in [5.74, 6) is 0.0895. The average Bonchev–Trinajstić information content (AvgIpc) is 2.94. The molecule has 2 aromatic rings. The number of thioether (sulfide) groups is 1. The summed E-state index contributed by atoms with van der Waals surface area (Å²) >= 11 is 7.14. The third-order valence-corrected chi connectivity index (χ3v) is 5.16. The molecule has 1 heterocycles. The summed E-state index contributed by atoms with van der Waals surface area (Å²) in [5.41, 5.74) is 1.29. The number of nitro groups is 1. The normalized spacial score (nSPS) is 15.4. The van der Waals surface area contributed by atoms with Crippen LogP contribution in [0.3, 0.4) is 0 Å². The molecular weight excluding hydrogens is 404 g/mol. The van der Waals surface area contributed by atoms with E-state index in [1.165, 1.54) is 17.0 Å². The zero-order chi connectivity index (χ0) is 20.3. The summed E-state index contributed by atoms with van der Waals surface area (Å²) < 4.78 is 5.65. The number of likely N-dealkylation sites (N-methyl/N-ethyl adjacent to an activating group) is 1. The fourth-order valence-corrected chi connectivity index (χ4v) is 3.72. The van der Waals surface area contributed by atoms with Gasteiger partial charge in [-0.05, 0) is 48.0 Å². The molecule has 1 saturated heterocycles. The number of carbonyl (C=O) groups excluding carboxylic acids is 2. The molecule has 0 spiro atoms. The standard InChI is InChI=1S/C19H15ClN2O5S/c1-2-21-18(23)17(28-19(21)24)10-12-6-7-16(15(20)9-12)27-11-13-4-3-5-14(8-13)22(25)26/h3-10H,2,11H2,1H3. The summed E-state index contributed by atoms with van der Waals surface area (Å²) in [7, 11) is 0. The predicted molar refractivity (Wildman–Crippen MR) is 107 cm³/mol. The van der Waals surface area contributed by atoms with Crippen LogP contribution < -0.4 is 4.74 Å². The Kier molecular flexibility index (Phi) is 6.01. The summed E-state index contributed by atoms with van der Waals surface area (Å²) in [4.78, 5) is 35.8. The van der Waals surface area contributed by atoms with Gasteiger partial charge >= 0.3 is 0 Å². The zero-order valence-corrected chi connectivity index (χ0v) is 16.3. The minimum absolute atomic E-state index is 0.0106. The molecule has 0 radical (unpaired) electrons. The fourth-order valence-electron chi connectivity index (χ4n) is 2.57. The molecule has 0 N–H and O–H groups in total. The Morgan fingerprint density at radius 1 is 1.25 bits per heavy atom. The number of nitrogens with zero attached hydrogens (tertiary/aromatic N) is 2. The molecule has 3 rings (SSSR count). The Morgan fingerprint density at radius 2 is 2.04 bits per heavy atom. The maximum Gasteiger partial charge on any atom is 0.293 e. The largest absolute Gasteiger partial charge is 0.487 e. The van der Waals surface area contributed by atoms with Crippen LogP contribution in [0.25, 0.3) is 6.08 Å². The minimum Gasteiger partial charge on any atom is -0.487 e. The maximum absolute atomic E-state index is 12.1. The van der Waals surface area contributed by atoms with Crippen LogP contribution in [0.15, 0.2) is 47.4 Å². The molecule has 1 aliphatic heterocycles. The lowest BCUT2D eigenvalue weighted by Crippen LogP contribution is -2.27. The molecule has 28 heavy (non-hydrogen) atoms. The fraction of sp³-hybridized carbons (Fsp3) is 0.158. The van der Waals surface area contributed by atoms with Crippen LogP contribution in [0.1, 0.15) is 18.1 Å². The van der Waals surface area contributed by atoms with Crippen LogP contribution in [0, 0.1) is 10.1 Å². The topological polar surface area (TPSA) is 89.8 Å². The van der Waals surface area contributed by atoms with E-state index in [0.717, 1.165) is 11.8 Å². The highest BCUT2D eigenvalue weighted by Gasteiger charge is 2.33. The average molecular weight is 419 g/mol. The third kappa shape index (κ3) is 4.35. The molecule has 1 aliphatic rings. The van der Waals surface area contributed by atoms with Gasteiger partial charge in [0.1, 0.15) is 12.4 Å². The first-order valence-corrected chi connectivity index (χ1v) is 9.49. The van der Waals surface area contributed by atoms with E-state index in [2.05, 4.69) is 0 Å². The lowest BCUT2D eigenvalue weighted by atomic mass is 10.2. The molecule has 9 heteroatoms. The van der Waals surface area contributed by atoms with Crippen molar-refractivity contribution in [3.05, 3.63) is 73.6 Å². The van der Waals surface area contributed by atoms with Gasteiger partial charge in [-0.25, -0.2) is 0 Å². The molecule has 0 aromatic heterocycles. The summed E-state index contributed by atoms with van der Waals surface area (Å²) in [5, 5.41) is 10.9. The van der Waals surface area contributed by atoms with Crippen LogP contribution in [-0.2, 0) is 11.4 Å². The highest BCUT2D eigenvalue weighted by atomic mass is 35.5. The number of nitro benzene ring substituents is 1. The van der Waals surface area contributed by atoms with Crippen LogP contribution in [0.2, 0.25) is 5.02 Å². The smallest absolute Gasteiger partial charge is 0.293 e. The van der Waals surface area contributed by atoms with Gasteiger partial charge in [-0.2, -0.15) is 0 Å². The molecule has 1 fully saturated rings. The molecule has 0 atom stereocenters. The van der Waals surface area contributed by atoms with E-state index in [1.54, 1.807) is 43.3 Å². The molecule has 2 amide bonds. The number of rotatable bonds is 6.